The van der Waals surface area contributed by atoms with Crippen LogP contribution in [0.4, 0.5) is 13.2 Å². The zero-order chi connectivity index (χ0) is 14.0. The molecular formula is C13H14F3NO2. The minimum atomic E-state index is -4.41. The van der Waals surface area contributed by atoms with Crippen molar-refractivity contribution in [3.05, 3.63) is 35.9 Å². The highest BCUT2D eigenvalue weighted by atomic mass is 19.4. The van der Waals surface area contributed by atoms with Gasteiger partial charge < -0.3 is 4.74 Å². The van der Waals surface area contributed by atoms with E-state index in [1.165, 1.54) is 0 Å². The van der Waals surface area contributed by atoms with Crippen LogP contribution in [0.15, 0.2) is 30.3 Å². The number of rotatable bonds is 4. The fourth-order valence-corrected chi connectivity index (χ4v) is 2.13. The third kappa shape index (κ3) is 3.07. The van der Waals surface area contributed by atoms with Gasteiger partial charge in [0.2, 0.25) is 0 Å². The van der Waals surface area contributed by atoms with Crippen LogP contribution in [0.25, 0.3) is 0 Å². The van der Waals surface area contributed by atoms with Gasteiger partial charge in [0.05, 0.1) is 6.61 Å². The molecule has 1 aromatic carbocycles. The zero-order valence-corrected chi connectivity index (χ0v) is 10.4. The predicted octanol–water partition coefficient (Wildman–Crippen LogP) is 2.36. The highest BCUT2D eigenvalue weighted by Crippen LogP contribution is 2.42. The number of halogens is 3. The maximum Gasteiger partial charge on any atom is 0.406 e. The summed E-state index contributed by atoms with van der Waals surface area (Å²) in [6.07, 6.45) is -4.41. The molecular weight excluding hydrogens is 259 g/mol. The molecule has 1 aliphatic heterocycles. The Balaban J connectivity index is 2.08. The lowest BCUT2D eigenvalue weighted by Crippen LogP contribution is -2.24. The topological polar surface area (TPSA) is 29.3 Å². The minimum absolute atomic E-state index is 0.0824. The third-order valence-corrected chi connectivity index (χ3v) is 3.00. The summed E-state index contributed by atoms with van der Waals surface area (Å²) in [7, 11) is 0. The summed E-state index contributed by atoms with van der Waals surface area (Å²) < 4.78 is 43.1. The van der Waals surface area contributed by atoms with Gasteiger partial charge in [-0.05, 0) is 12.5 Å². The lowest BCUT2D eigenvalue weighted by molar-refractivity contribution is -0.149. The van der Waals surface area contributed by atoms with Crippen LogP contribution in [0.3, 0.4) is 0 Å². The molecule has 2 unspecified atom stereocenters. The molecule has 6 heteroatoms. The number of carbonyl (C=O) groups excluding carboxylic acids is 1. The molecule has 104 valence electrons. The average molecular weight is 273 g/mol. The van der Waals surface area contributed by atoms with Crippen molar-refractivity contribution in [2.24, 2.45) is 0 Å². The van der Waals surface area contributed by atoms with E-state index in [1.807, 2.05) is 0 Å². The number of hydrogen-bond acceptors (Lipinski definition) is 3. The highest BCUT2D eigenvalue weighted by Gasteiger charge is 2.66. The molecule has 0 aromatic heterocycles. The lowest BCUT2D eigenvalue weighted by Gasteiger charge is -2.06. The molecule has 1 fully saturated rings. The number of carbonyl (C=O) groups is 1. The van der Waals surface area contributed by atoms with Crippen molar-refractivity contribution in [2.45, 2.75) is 31.7 Å². The Labute approximate surface area is 109 Å². The highest BCUT2D eigenvalue weighted by molar-refractivity contribution is 5.80. The van der Waals surface area contributed by atoms with Crippen LogP contribution in [0, 0.1) is 0 Å². The lowest BCUT2D eigenvalue weighted by atomic mass is 10.2. The molecule has 0 N–H and O–H groups in total. The van der Waals surface area contributed by atoms with Gasteiger partial charge in [-0.25, -0.2) is 0 Å². The first kappa shape index (κ1) is 13.9. The van der Waals surface area contributed by atoms with Crippen LogP contribution in [-0.4, -0.2) is 35.7 Å². The van der Waals surface area contributed by atoms with Gasteiger partial charge >= 0.3 is 12.1 Å². The summed E-state index contributed by atoms with van der Waals surface area (Å²) in [5.41, 5.74) is 0.739. The molecule has 0 amide bonds. The number of ether oxygens (including phenoxy) is 1. The standard InChI is InChI=1S/C13H14F3NO2/c1-2-19-12(18)10-11(13(14,15)16)17(10)8-9-6-4-3-5-7-9/h3-7,10-11H,2,8H2,1H3/t10-,11?,17?/m0/s1. The van der Waals surface area contributed by atoms with E-state index in [9.17, 15) is 18.0 Å². The minimum Gasteiger partial charge on any atom is -0.465 e. The van der Waals surface area contributed by atoms with Crippen molar-refractivity contribution < 1.29 is 22.7 Å². The van der Waals surface area contributed by atoms with Gasteiger partial charge in [-0.1, -0.05) is 30.3 Å². The van der Waals surface area contributed by atoms with Gasteiger partial charge in [-0.15, -0.1) is 0 Å². The molecule has 0 aliphatic carbocycles. The van der Waals surface area contributed by atoms with Crippen LogP contribution in [0.1, 0.15) is 12.5 Å². The molecule has 19 heavy (non-hydrogen) atoms. The molecule has 3 atom stereocenters. The van der Waals surface area contributed by atoms with Gasteiger partial charge in [0.15, 0.2) is 0 Å². The van der Waals surface area contributed by atoms with Crippen LogP contribution in [-0.2, 0) is 16.1 Å². The first-order valence-corrected chi connectivity index (χ1v) is 5.98. The fraction of sp³-hybridized carbons (Fsp3) is 0.462. The molecule has 3 nitrogen and oxygen atoms in total. The molecule has 1 aliphatic rings. The Morgan fingerprint density at radius 1 is 1.32 bits per heavy atom. The first-order valence-electron chi connectivity index (χ1n) is 5.98. The molecule has 1 aromatic rings. The molecule has 0 saturated carbocycles. The zero-order valence-electron chi connectivity index (χ0n) is 10.4. The number of hydrogen-bond donors (Lipinski definition) is 0. The Hall–Kier alpha value is -1.56. The van der Waals surface area contributed by atoms with Crippen molar-refractivity contribution in [3.63, 3.8) is 0 Å². The fourth-order valence-electron chi connectivity index (χ4n) is 2.13. The maximum absolute atomic E-state index is 12.8. The Morgan fingerprint density at radius 2 is 1.95 bits per heavy atom. The second-order valence-corrected chi connectivity index (χ2v) is 4.34. The van der Waals surface area contributed by atoms with Crippen molar-refractivity contribution in [3.8, 4) is 0 Å². The number of nitrogens with zero attached hydrogens (tertiary/aromatic N) is 1. The quantitative estimate of drug-likeness (QED) is 0.623. The van der Waals surface area contributed by atoms with E-state index in [-0.39, 0.29) is 13.2 Å². The Kier molecular flexibility index (Phi) is 3.80. The van der Waals surface area contributed by atoms with Crippen LogP contribution in [0.2, 0.25) is 0 Å². The van der Waals surface area contributed by atoms with Crippen molar-refractivity contribution in [1.82, 2.24) is 4.90 Å². The summed E-state index contributed by atoms with van der Waals surface area (Å²) >= 11 is 0. The average Bonchev–Trinajstić information content (AvgIpc) is 3.05. The van der Waals surface area contributed by atoms with Crippen LogP contribution >= 0.6 is 0 Å². The van der Waals surface area contributed by atoms with Crippen molar-refractivity contribution in [1.29, 1.82) is 0 Å². The molecule has 0 bridgehead atoms. The van der Waals surface area contributed by atoms with E-state index < -0.39 is 24.2 Å². The van der Waals surface area contributed by atoms with E-state index in [1.54, 1.807) is 37.3 Å². The summed E-state index contributed by atoms with van der Waals surface area (Å²) in [5.74, 6) is -0.805. The molecule has 0 radical (unpaired) electrons. The summed E-state index contributed by atoms with van der Waals surface area (Å²) in [4.78, 5) is 12.6. The Morgan fingerprint density at radius 3 is 2.47 bits per heavy atom. The molecule has 1 saturated heterocycles. The maximum atomic E-state index is 12.8. The van der Waals surface area contributed by atoms with E-state index in [0.29, 0.717) is 0 Å². The van der Waals surface area contributed by atoms with Gasteiger partial charge in [-0.3, -0.25) is 9.69 Å². The number of esters is 1. The predicted molar refractivity (Wildman–Crippen MR) is 62.2 cm³/mol. The van der Waals surface area contributed by atoms with E-state index in [0.717, 1.165) is 10.5 Å². The smallest absolute Gasteiger partial charge is 0.406 e. The third-order valence-electron chi connectivity index (χ3n) is 3.00. The van der Waals surface area contributed by atoms with Gasteiger partial charge in [0.25, 0.3) is 0 Å². The van der Waals surface area contributed by atoms with E-state index >= 15 is 0 Å². The normalized spacial score (nSPS) is 26.0. The summed E-state index contributed by atoms with van der Waals surface area (Å²) in [6, 6.07) is 5.81. The van der Waals surface area contributed by atoms with Gasteiger partial charge in [0.1, 0.15) is 12.1 Å². The van der Waals surface area contributed by atoms with Crippen molar-refractivity contribution in [2.75, 3.05) is 6.61 Å². The summed E-state index contributed by atoms with van der Waals surface area (Å²) in [5, 5.41) is 0. The molecule has 2 rings (SSSR count). The van der Waals surface area contributed by atoms with E-state index in [2.05, 4.69) is 4.74 Å². The van der Waals surface area contributed by atoms with Crippen molar-refractivity contribution >= 4 is 5.97 Å². The van der Waals surface area contributed by atoms with E-state index in [4.69, 9.17) is 0 Å². The SMILES string of the molecule is CCOC(=O)[C@@H]1C(C(F)(F)F)N1Cc1ccccc1. The molecule has 0 spiro atoms. The largest absolute Gasteiger partial charge is 0.465 e. The Bertz CT molecular complexity index is 447. The second-order valence-electron chi connectivity index (χ2n) is 4.34. The second kappa shape index (κ2) is 5.21. The number of benzene rings is 1. The van der Waals surface area contributed by atoms with Crippen LogP contribution < -0.4 is 0 Å². The summed E-state index contributed by atoms with van der Waals surface area (Å²) in [6.45, 7) is 1.75. The molecule has 1 heterocycles. The first-order chi connectivity index (χ1) is 8.95. The van der Waals surface area contributed by atoms with Crippen LogP contribution in [0.5, 0.6) is 0 Å². The van der Waals surface area contributed by atoms with Gasteiger partial charge in [0, 0.05) is 6.54 Å². The monoisotopic (exact) mass is 273 g/mol. The number of alkyl halides is 3. The van der Waals surface area contributed by atoms with Gasteiger partial charge in [-0.2, -0.15) is 13.2 Å².